The van der Waals surface area contributed by atoms with E-state index in [1.807, 2.05) is 24.3 Å². The van der Waals surface area contributed by atoms with E-state index in [-0.39, 0.29) is 23.7 Å². The number of benzene rings is 3. The molecule has 8 heteroatoms. The number of ether oxygens (including phenoxy) is 1. The van der Waals surface area contributed by atoms with Crippen molar-refractivity contribution < 1.29 is 13.9 Å². The molecule has 0 saturated carbocycles. The van der Waals surface area contributed by atoms with Gasteiger partial charge in [0.05, 0.1) is 14.7 Å². The van der Waals surface area contributed by atoms with Gasteiger partial charge in [0.2, 0.25) is 5.91 Å². The normalized spacial score (nSPS) is 16.2. The summed E-state index contributed by atoms with van der Waals surface area (Å²) in [6.45, 7) is 0.108. The zero-order valence-corrected chi connectivity index (χ0v) is 20.2. The van der Waals surface area contributed by atoms with Crippen molar-refractivity contribution in [2.24, 2.45) is 0 Å². The maximum absolute atomic E-state index is 13.9. The van der Waals surface area contributed by atoms with Crippen LogP contribution in [0.4, 0.5) is 10.1 Å². The summed E-state index contributed by atoms with van der Waals surface area (Å²) in [4.78, 5) is 14.3. The predicted octanol–water partition coefficient (Wildman–Crippen LogP) is 7.36. The van der Waals surface area contributed by atoms with Crippen molar-refractivity contribution in [1.29, 1.82) is 0 Å². The van der Waals surface area contributed by atoms with E-state index in [2.05, 4.69) is 31.9 Å². The second-order valence-corrected chi connectivity index (χ2v) is 9.81. The molecular weight excluding hydrogens is 557 g/mol. The van der Waals surface area contributed by atoms with E-state index in [0.29, 0.717) is 22.1 Å². The van der Waals surface area contributed by atoms with E-state index < -0.39 is 0 Å². The van der Waals surface area contributed by atoms with Gasteiger partial charge in [0.1, 0.15) is 23.5 Å². The summed E-state index contributed by atoms with van der Waals surface area (Å²) in [7, 11) is 0. The zero-order valence-electron chi connectivity index (χ0n) is 15.4. The van der Waals surface area contributed by atoms with Crippen molar-refractivity contribution in [2.75, 3.05) is 10.7 Å². The molecule has 1 aliphatic rings. The van der Waals surface area contributed by atoms with Crippen LogP contribution in [0.15, 0.2) is 69.6 Å². The maximum Gasteiger partial charge on any atom is 0.238 e. The molecule has 1 atom stereocenters. The highest BCUT2D eigenvalue weighted by atomic mass is 79.9. The van der Waals surface area contributed by atoms with Gasteiger partial charge in [-0.25, -0.2) is 4.39 Å². The van der Waals surface area contributed by atoms with Gasteiger partial charge < -0.3 is 4.74 Å². The lowest BCUT2D eigenvalue weighted by atomic mass is 10.1. The number of hydrogen-bond acceptors (Lipinski definition) is 3. The van der Waals surface area contributed by atoms with Crippen LogP contribution < -0.4 is 9.64 Å². The number of carbonyl (C=O) groups excluding carboxylic acids is 1. The van der Waals surface area contributed by atoms with Crippen LogP contribution in [0.5, 0.6) is 5.75 Å². The average Bonchev–Trinajstić information content (AvgIpc) is 3.10. The quantitative estimate of drug-likeness (QED) is 0.321. The molecule has 0 bridgehead atoms. The number of amides is 1. The smallest absolute Gasteiger partial charge is 0.238 e. The molecule has 0 aliphatic carbocycles. The predicted molar refractivity (Wildman–Crippen MR) is 127 cm³/mol. The number of nitrogens with zero attached hydrogens (tertiary/aromatic N) is 1. The van der Waals surface area contributed by atoms with Crippen molar-refractivity contribution in [3.8, 4) is 5.75 Å². The SMILES string of the molecule is O=C1CS[C@@H](c2cc(Br)c(OCc3ccccc3F)c(Br)c2)N1c1ccc(Cl)cc1. The van der Waals surface area contributed by atoms with Gasteiger partial charge in [-0.05, 0) is 79.9 Å². The summed E-state index contributed by atoms with van der Waals surface area (Å²) < 4.78 is 21.2. The van der Waals surface area contributed by atoms with Crippen molar-refractivity contribution in [2.45, 2.75) is 12.0 Å². The molecule has 0 N–H and O–H groups in total. The Balaban J connectivity index is 1.59. The molecule has 0 unspecified atom stereocenters. The molecule has 1 fully saturated rings. The van der Waals surface area contributed by atoms with Crippen LogP contribution >= 0.6 is 55.2 Å². The minimum atomic E-state index is -0.305. The van der Waals surface area contributed by atoms with E-state index in [4.69, 9.17) is 16.3 Å². The largest absolute Gasteiger partial charge is 0.486 e. The Hall–Kier alpha value is -1.54. The van der Waals surface area contributed by atoms with E-state index in [9.17, 15) is 9.18 Å². The van der Waals surface area contributed by atoms with E-state index in [1.165, 1.54) is 6.07 Å². The Labute approximate surface area is 199 Å². The third kappa shape index (κ3) is 4.54. The minimum Gasteiger partial charge on any atom is -0.486 e. The molecule has 154 valence electrons. The van der Waals surface area contributed by atoms with Gasteiger partial charge in [-0.1, -0.05) is 29.8 Å². The van der Waals surface area contributed by atoms with Gasteiger partial charge in [-0.3, -0.25) is 9.69 Å². The second-order valence-electron chi connectivity index (χ2n) is 6.60. The summed E-state index contributed by atoms with van der Waals surface area (Å²) in [6.07, 6.45) is 0. The van der Waals surface area contributed by atoms with Crippen LogP contribution in [-0.2, 0) is 11.4 Å². The standard InChI is InChI=1S/C22H15Br2ClFNO2S/c23-17-9-14(10-18(24)21(17)29-11-13-3-1-2-4-19(13)26)22-27(20(28)12-30-22)16-7-5-15(25)6-8-16/h1-10,22H,11-12H2/t22-/m0/s1. The fraction of sp³-hybridized carbons (Fsp3) is 0.136. The highest BCUT2D eigenvalue weighted by Gasteiger charge is 2.34. The molecule has 0 aromatic heterocycles. The van der Waals surface area contributed by atoms with Crippen LogP contribution in [0.25, 0.3) is 0 Å². The van der Waals surface area contributed by atoms with E-state index >= 15 is 0 Å². The summed E-state index contributed by atoms with van der Waals surface area (Å²) in [5.74, 6) is 0.711. The molecule has 1 saturated heterocycles. The molecule has 3 aromatic rings. The van der Waals surface area contributed by atoms with Gasteiger partial charge in [0.25, 0.3) is 0 Å². The Bertz CT molecular complexity index is 1070. The number of carbonyl (C=O) groups is 1. The molecule has 0 spiro atoms. The van der Waals surface area contributed by atoms with E-state index in [1.54, 1.807) is 47.0 Å². The molecule has 1 amide bonds. The van der Waals surface area contributed by atoms with Crippen LogP contribution in [0.3, 0.4) is 0 Å². The Kier molecular flexibility index (Phi) is 6.72. The van der Waals surface area contributed by atoms with Gasteiger partial charge in [0.15, 0.2) is 0 Å². The Morgan fingerprint density at radius 3 is 2.43 bits per heavy atom. The summed E-state index contributed by atoms with van der Waals surface area (Å²) in [6, 6.07) is 17.6. The first-order valence-electron chi connectivity index (χ1n) is 8.98. The lowest BCUT2D eigenvalue weighted by molar-refractivity contribution is -0.115. The monoisotopic (exact) mass is 569 g/mol. The van der Waals surface area contributed by atoms with Crippen LogP contribution in [0.2, 0.25) is 5.02 Å². The summed E-state index contributed by atoms with van der Waals surface area (Å²) >= 11 is 14.7. The topological polar surface area (TPSA) is 29.5 Å². The van der Waals surface area contributed by atoms with E-state index in [0.717, 1.165) is 20.2 Å². The van der Waals surface area contributed by atoms with Crippen molar-refractivity contribution in [3.63, 3.8) is 0 Å². The molecule has 30 heavy (non-hydrogen) atoms. The summed E-state index contributed by atoms with van der Waals surface area (Å²) in [5.41, 5.74) is 2.22. The molecule has 1 aliphatic heterocycles. The first-order valence-corrected chi connectivity index (χ1v) is 12.0. The maximum atomic E-state index is 13.9. The fourth-order valence-electron chi connectivity index (χ4n) is 3.18. The Morgan fingerprint density at radius 1 is 1.10 bits per heavy atom. The van der Waals surface area contributed by atoms with Gasteiger partial charge in [-0.2, -0.15) is 0 Å². The fourth-order valence-corrected chi connectivity index (χ4v) is 5.91. The third-order valence-electron chi connectivity index (χ3n) is 4.61. The van der Waals surface area contributed by atoms with Crippen molar-refractivity contribution >= 4 is 66.8 Å². The lowest BCUT2D eigenvalue weighted by Crippen LogP contribution is -2.27. The van der Waals surface area contributed by atoms with Gasteiger partial charge in [-0.15, -0.1) is 11.8 Å². The first-order chi connectivity index (χ1) is 14.4. The van der Waals surface area contributed by atoms with Crippen molar-refractivity contribution in [1.82, 2.24) is 0 Å². The molecule has 3 nitrogen and oxygen atoms in total. The molecule has 0 radical (unpaired) electrons. The van der Waals surface area contributed by atoms with Crippen LogP contribution in [0, 0.1) is 5.82 Å². The second kappa shape index (κ2) is 9.30. The average molecular weight is 572 g/mol. The number of hydrogen-bond donors (Lipinski definition) is 0. The Morgan fingerprint density at radius 2 is 1.77 bits per heavy atom. The highest BCUT2D eigenvalue weighted by Crippen LogP contribution is 2.45. The molecule has 4 rings (SSSR count). The number of rotatable bonds is 5. The number of halogens is 4. The van der Waals surface area contributed by atoms with Crippen LogP contribution in [0.1, 0.15) is 16.5 Å². The number of thioether (sulfide) groups is 1. The minimum absolute atomic E-state index is 0.0412. The number of anilines is 1. The van der Waals surface area contributed by atoms with Gasteiger partial charge >= 0.3 is 0 Å². The zero-order chi connectivity index (χ0) is 21.3. The van der Waals surface area contributed by atoms with Crippen LogP contribution in [-0.4, -0.2) is 11.7 Å². The van der Waals surface area contributed by atoms with Gasteiger partial charge in [0, 0.05) is 16.3 Å². The molecule has 3 aromatic carbocycles. The molecular formula is C22H15Br2ClFNO2S. The first kappa shape index (κ1) is 21.7. The third-order valence-corrected chi connectivity index (χ3v) is 7.25. The van der Waals surface area contributed by atoms with Crippen molar-refractivity contribution in [3.05, 3.63) is 91.6 Å². The lowest BCUT2D eigenvalue weighted by Gasteiger charge is -2.25. The highest BCUT2D eigenvalue weighted by molar-refractivity contribution is 9.11. The molecule has 1 heterocycles. The summed E-state index contributed by atoms with van der Waals surface area (Å²) in [5, 5.41) is 0.448.